The number of benzene rings is 2. The molecule has 0 unspecified atom stereocenters. The SMILES string of the molecule is CC(=O)N1CCc2ccc(S(=O)(=O)Oc3ccccc3C(F)(F)F)cc21. The molecule has 0 saturated carbocycles. The number of anilines is 1. The van der Waals surface area contributed by atoms with Crippen LogP contribution in [0.1, 0.15) is 18.1 Å². The summed E-state index contributed by atoms with van der Waals surface area (Å²) in [6.07, 6.45) is -4.18. The first-order valence-electron chi connectivity index (χ1n) is 7.61. The molecule has 0 radical (unpaired) electrons. The van der Waals surface area contributed by atoms with E-state index in [-0.39, 0.29) is 10.8 Å². The van der Waals surface area contributed by atoms with Crippen LogP contribution in [0, 0.1) is 0 Å². The third-order valence-electron chi connectivity index (χ3n) is 4.01. The second-order valence-electron chi connectivity index (χ2n) is 5.74. The van der Waals surface area contributed by atoms with Crippen molar-refractivity contribution in [2.24, 2.45) is 0 Å². The number of para-hydroxylation sites is 1. The zero-order chi connectivity index (χ0) is 19.1. The maximum absolute atomic E-state index is 13.0. The summed E-state index contributed by atoms with van der Waals surface area (Å²) in [5.74, 6) is -1.05. The minimum atomic E-state index is -4.75. The van der Waals surface area contributed by atoms with Crippen molar-refractivity contribution in [3.63, 3.8) is 0 Å². The summed E-state index contributed by atoms with van der Waals surface area (Å²) in [4.78, 5) is 12.7. The number of hydrogen-bond donors (Lipinski definition) is 0. The van der Waals surface area contributed by atoms with E-state index in [9.17, 15) is 26.4 Å². The first-order valence-corrected chi connectivity index (χ1v) is 9.02. The minimum absolute atomic E-state index is 0.248. The van der Waals surface area contributed by atoms with Crippen molar-refractivity contribution in [2.75, 3.05) is 11.4 Å². The number of hydrogen-bond acceptors (Lipinski definition) is 4. The zero-order valence-electron chi connectivity index (χ0n) is 13.6. The molecule has 1 aliphatic heterocycles. The van der Waals surface area contributed by atoms with Gasteiger partial charge in [-0.2, -0.15) is 21.6 Å². The Bertz CT molecular complexity index is 970. The van der Waals surface area contributed by atoms with Crippen LogP contribution < -0.4 is 9.08 Å². The Morgan fingerprint density at radius 3 is 2.50 bits per heavy atom. The molecule has 9 heteroatoms. The van der Waals surface area contributed by atoms with E-state index < -0.39 is 27.6 Å². The summed E-state index contributed by atoms with van der Waals surface area (Å²) in [6, 6.07) is 8.11. The lowest BCUT2D eigenvalue weighted by molar-refractivity contribution is -0.138. The molecule has 0 N–H and O–H groups in total. The van der Waals surface area contributed by atoms with E-state index in [4.69, 9.17) is 4.18 Å². The van der Waals surface area contributed by atoms with Gasteiger partial charge in [0.15, 0.2) is 5.75 Å². The highest BCUT2D eigenvalue weighted by Gasteiger charge is 2.36. The molecule has 2 aromatic carbocycles. The molecule has 0 saturated heterocycles. The normalized spacial score (nSPS) is 14.2. The monoisotopic (exact) mass is 385 g/mol. The first kappa shape index (κ1) is 18.2. The van der Waals surface area contributed by atoms with Gasteiger partial charge in [-0.3, -0.25) is 4.79 Å². The van der Waals surface area contributed by atoms with E-state index in [2.05, 4.69) is 0 Å². The number of fused-ring (bicyclic) bond motifs is 1. The number of rotatable bonds is 3. The molecule has 138 valence electrons. The first-order chi connectivity index (χ1) is 12.1. The van der Waals surface area contributed by atoms with Crippen molar-refractivity contribution in [1.82, 2.24) is 0 Å². The van der Waals surface area contributed by atoms with E-state index in [1.54, 1.807) is 0 Å². The highest BCUT2D eigenvalue weighted by atomic mass is 32.2. The standard InChI is InChI=1S/C17H14F3NO4S/c1-11(22)21-9-8-12-6-7-13(10-15(12)21)26(23,24)25-16-5-3-2-4-14(16)17(18,19)20/h2-7,10H,8-9H2,1H3. The number of halogens is 3. The fraction of sp³-hybridized carbons (Fsp3) is 0.235. The van der Waals surface area contributed by atoms with Crippen LogP contribution in [0.25, 0.3) is 0 Å². The van der Waals surface area contributed by atoms with Crippen LogP contribution in [0.15, 0.2) is 47.4 Å². The molecule has 0 bridgehead atoms. The van der Waals surface area contributed by atoms with Crippen LogP contribution >= 0.6 is 0 Å². The van der Waals surface area contributed by atoms with E-state index in [1.165, 1.54) is 36.1 Å². The lowest BCUT2D eigenvalue weighted by atomic mass is 10.2. The summed E-state index contributed by atoms with van der Waals surface area (Å²) in [7, 11) is -4.50. The van der Waals surface area contributed by atoms with E-state index in [1.807, 2.05) is 0 Å². The topological polar surface area (TPSA) is 63.7 Å². The van der Waals surface area contributed by atoms with Crippen molar-refractivity contribution in [1.29, 1.82) is 0 Å². The maximum Gasteiger partial charge on any atom is 0.420 e. The molecule has 0 atom stereocenters. The predicted molar refractivity (Wildman–Crippen MR) is 87.4 cm³/mol. The fourth-order valence-corrected chi connectivity index (χ4v) is 3.75. The average Bonchev–Trinajstić information content (AvgIpc) is 2.97. The molecular formula is C17H14F3NO4S. The van der Waals surface area contributed by atoms with Gasteiger partial charge in [-0.15, -0.1) is 0 Å². The average molecular weight is 385 g/mol. The molecule has 2 aromatic rings. The van der Waals surface area contributed by atoms with Gasteiger partial charge < -0.3 is 9.08 Å². The Labute approximate surface area is 148 Å². The number of carbonyl (C=O) groups excluding carboxylic acids is 1. The van der Waals surface area contributed by atoms with Crippen molar-refractivity contribution in [3.05, 3.63) is 53.6 Å². The lowest BCUT2D eigenvalue weighted by Crippen LogP contribution is -2.26. The second kappa shape index (κ2) is 6.31. The Morgan fingerprint density at radius 1 is 1.15 bits per heavy atom. The molecule has 0 aromatic heterocycles. The van der Waals surface area contributed by atoms with Crippen LogP contribution in [0.3, 0.4) is 0 Å². The lowest BCUT2D eigenvalue weighted by Gasteiger charge is -2.16. The fourth-order valence-electron chi connectivity index (χ4n) is 2.78. The number of nitrogens with zero attached hydrogens (tertiary/aromatic N) is 1. The molecule has 3 rings (SSSR count). The smallest absolute Gasteiger partial charge is 0.378 e. The van der Waals surface area contributed by atoms with Gasteiger partial charge in [-0.05, 0) is 36.2 Å². The molecule has 26 heavy (non-hydrogen) atoms. The van der Waals surface area contributed by atoms with Crippen molar-refractivity contribution in [3.8, 4) is 5.75 Å². The summed E-state index contributed by atoms with van der Waals surface area (Å²) >= 11 is 0. The van der Waals surface area contributed by atoms with Crippen molar-refractivity contribution < 1.29 is 30.6 Å². The van der Waals surface area contributed by atoms with Gasteiger partial charge in [0, 0.05) is 19.2 Å². The van der Waals surface area contributed by atoms with Crippen LogP contribution in [0.2, 0.25) is 0 Å². The molecule has 1 heterocycles. The summed E-state index contributed by atoms with van der Waals surface area (Å²) in [6.45, 7) is 1.78. The molecule has 1 amide bonds. The minimum Gasteiger partial charge on any atom is -0.378 e. The Kier molecular flexibility index (Phi) is 4.43. The van der Waals surface area contributed by atoms with Gasteiger partial charge in [0.1, 0.15) is 4.90 Å². The maximum atomic E-state index is 13.0. The number of amides is 1. The van der Waals surface area contributed by atoms with Crippen LogP contribution in [0.4, 0.5) is 18.9 Å². The van der Waals surface area contributed by atoms with Crippen LogP contribution in [0.5, 0.6) is 5.75 Å². The van der Waals surface area contributed by atoms with E-state index >= 15 is 0 Å². The van der Waals surface area contributed by atoms with Crippen molar-refractivity contribution in [2.45, 2.75) is 24.4 Å². The predicted octanol–water partition coefficient (Wildman–Crippen LogP) is 3.38. The summed E-state index contributed by atoms with van der Waals surface area (Å²) < 4.78 is 68.8. The number of carbonyl (C=O) groups is 1. The second-order valence-corrected chi connectivity index (χ2v) is 7.29. The molecular weight excluding hydrogens is 371 g/mol. The number of alkyl halides is 3. The van der Waals surface area contributed by atoms with Crippen LogP contribution in [-0.4, -0.2) is 20.9 Å². The van der Waals surface area contributed by atoms with Gasteiger partial charge in [0.2, 0.25) is 5.91 Å². The van der Waals surface area contributed by atoms with E-state index in [0.29, 0.717) is 18.7 Å². The van der Waals surface area contributed by atoms with Gasteiger partial charge in [-0.1, -0.05) is 18.2 Å². The van der Waals surface area contributed by atoms with Crippen LogP contribution in [-0.2, 0) is 27.5 Å². The molecule has 0 aliphatic carbocycles. The zero-order valence-corrected chi connectivity index (χ0v) is 14.4. The largest absolute Gasteiger partial charge is 0.420 e. The van der Waals surface area contributed by atoms with Gasteiger partial charge in [0.25, 0.3) is 0 Å². The highest BCUT2D eigenvalue weighted by molar-refractivity contribution is 7.87. The molecule has 0 fully saturated rings. The Morgan fingerprint density at radius 2 is 1.85 bits per heavy atom. The highest BCUT2D eigenvalue weighted by Crippen LogP contribution is 2.37. The third-order valence-corrected chi connectivity index (χ3v) is 5.24. The van der Waals surface area contributed by atoms with Gasteiger partial charge in [0.05, 0.1) is 5.56 Å². The molecule has 1 aliphatic rings. The summed E-state index contributed by atoms with van der Waals surface area (Å²) in [5, 5.41) is 0. The third kappa shape index (κ3) is 3.39. The van der Waals surface area contributed by atoms with Crippen molar-refractivity contribution >= 4 is 21.7 Å². The van der Waals surface area contributed by atoms with Gasteiger partial charge >= 0.3 is 16.3 Å². The Hall–Kier alpha value is -2.55. The Balaban J connectivity index is 1.99. The van der Waals surface area contributed by atoms with Gasteiger partial charge in [-0.25, -0.2) is 0 Å². The quantitative estimate of drug-likeness (QED) is 0.760. The molecule has 0 spiro atoms. The van der Waals surface area contributed by atoms with E-state index in [0.717, 1.165) is 23.8 Å². The molecule has 5 nitrogen and oxygen atoms in total. The summed E-state index contributed by atoms with van der Waals surface area (Å²) in [5.41, 5.74) is 0.0243.